The molecule has 0 rings (SSSR count). The van der Waals surface area contributed by atoms with Crippen molar-refractivity contribution in [3.63, 3.8) is 0 Å². The molecule has 0 radical (unpaired) electrons. The van der Waals surface area contributed by atoms with Crippen LogP contribution in [0.25, 0.3) is 0 Å². The molecule has 0 aliphatic carbocycles. The molecular formula is C5H9IN2O2S. The molecule has 4 nitrogen and oxygen atoms in total. The van der Waals surface area contributed by atoms with Crippen molar-refractivity contribution in [2.45, 2.75) is 0 Å². The van der Waals surface area contributed by atoms with Gasteiger partial charge in [-0.2, -0.15) is 0 Å². The summed E-state index contributed by atoms with van der Waals surface area (Å²) in [5.74, 6) is 0. The fourth-order valence-corrected chi connectivity index (χ4v) is 0.429. The molecule has 0 aliphatic heterocycles. The van der Waals surface area contributed by atoms with Gasteiger partial charge in [0.1, 0.15) is 0 Å². The summed E-state index contributed by atoms with van der Waals surface area (Å²) in [5, 5.41) is 0.594. The molecule has 6 heteroatoms. The van der Waals surface area contributed by atoms with E-state index < -0.39 is 6.09 Å². The molecule has 0 aromatic heterocycles. The lowest BCUT2D eigenvalue weighted by molar-refractivity contribution is 0.100. The lowest BCUT2D eigenvalue weighted by atomic mass is 11.0. The zero-order valence-corrected chi connectivity index (χ0v) is 9.23. The van der Waals surface area contributed by atoms with Crippen LogP contribution in [0, 0.1) is 0 Å². The zero-order valence-electron chi connectivity index (χ0n) is 6.26. The molecule has 0 saturated heterocycles. The second kappa shape index (κ2) is 5.53. The van der Waals surface area contributed by atoms with E-state index in [4.69, 9.17) is 0 Å². The van der Waals surface area contributed by atoms with Gasteiger partial charge in [-0.05, 0) is 6.26 Å². The Labute approximate surface area is 83.8 Å². The van der Waals surface area contributed by atoms with Crippen molar-refractivity contribution in [1.82, 2.24) is 8.59 Å². The van der Waals surface area contributed by atoms with E-state index >= 15 is 0 Å². The maximum Gasteiger partial charge on any atom is 0.442 e. The van der Waals surface area contributed by atoms with Gasteiger partial charge in [0, 0.05) is 7.05 Å². The highest BCUT2D eigenvalue weighted by Gasteiger charge is 2.05. The number of nitrogens with one attached hydrogen (secondary N) is 1. The van der Waals surface area contributed by atoms with Crippen LogP contribution in [0.3, 0.4) is 0 Å². The van der Waals surface area contributed by atoms with Crippen LogP contribution in [0.2, 0.25) is 0 Å². The van der Waals surface area contributed by atoms with Crippen LogP contribution < -0.4 is 5.48 Å². The van der Waals surface area contributed by atoms with Gasteiger partial charge in [-0.3, -0.25) is 3.11 Å². The largest absolute Gasteiger partial charge is 0.442 e. The van der Waals surface area contributed by atoms with E-state index in [0.29, 0.717) is 5.03 Å². The van der Waals surface area contributed by atoms with Crippen LogP contribution in [0.4, 0.5) is 4.79 Å². The summed E-state index contributed by atoms with van der Waals surface area (Å²) < 4.78 is 1.29. The molecule has 11 heavy (non-hydrogen) atoms. The van der Waals surface area contributed by atoms with Gasteiger partial charge in [0.05, 0.1) is 27.9 Å². The van der Waals surface area contributed by atoms with Crippen molar-refractivity contribution < 1.29 is 9.63 Å². The maximum absolute atomic E-state index is 10.7. The summed E-state index contributed by atoms with van der Waals surface area (Å²) >= 11 is 3.18. The summed E-state index contributed by atoms with van der Waals surface area (Å²) in [6, 6.07) is 0. The standard InChI is InChI=1S/C5H9IN2O2S/c1-4(11-3)7-10-5(9)8(2)6/h7H,1H2,2-3H3. The summed E-state index contributed by atoms with van der Waals surface area (Å²) in [7, 11) is 1.59. The van der Waals surface area contributed by atoms with Crippen molar-refractivity contribution in [1.29, 1.82) is 0 Å². The number of halogens is 1. The molecule has 0 fully saturated rings. The SMILES string of the molecule is C=C(NOC(=O)N(C)I)SC. The fourth-order valence-electron chi connectivity index (χ4n) is 0.205. The molecule has 0 saturated carbocycles. The topological polar surface area (TPSA) is 41.6 Å². The number of carbonyl (C=O) groups is 1. The van der Waals surface area contributed by atoms with E-state index in [1.165, 1.54) is 14.9 Å². The van der Waals surface area contributed by atoms with Crippen molar-refractivity contribution in [2.24, 2.45) is 0 Å². The molecular weight excluding hydrogens is 279 g/mol. The summed E-state index contributed by atoms with van der Waals surface area (Å²) in [5.41, 5.74) is 2.39. The lowest BCUT2D eigenvalue weighted by Gasteiger charge is -2.09. The molecule has 0 heterocycles. The van der Waals surface area contributed by atoms with Crippen LogP contribution in [0.1, 0.15) is 0 Å². The van der Waals surface area contributed by atoms with E-state index in [1.807, 2.05) is 29.1 Å². The quantitative estimate of drug-likeness (QED) is 0.488. The Morgan fingerprint density at radius 1 is 1.82 bits per heavy atom. The first kappa shape index (κ1) is 10.9. The second-order valence-electron chi connectivity index (χ2n) is 1.57. The molecule has 0 unspecified atom stereocenters. The van der Waals surface area contributed by atoms with Gasteiger partial charge in [-0.1, -0.05) is 6.58 Å². The van der Waals surface area contributed by atoms with Crippen LogP contribution in [0.5, 0.6) is 0 Å². The Bertz CT molecular complexity index is 163. The summed E-state index contributed by atoms with van der Waals surface area (Å²) in [4.78, 5) is 15.3. The summed E-state index contributed by atoms with van der Waals surface area (Å²) in [6.07, 6.45) is 1.37. The van der Waals surface area contributed by atoms with Gasteiger partial charge >= 0.3 is 6.09 Å². The van der Waals surface area contributed by atoms with Gasteiger partial charge in [0.25, 0.3) is 0 Å². The van der Waals surface area contributed by atoms with Crippen molar-refractivity contribution in [3.05, 3.63) is 11.6 Å². The predicted octanol–water partition coefficient (Wildman–Crippen LogP) is 1.74. The smallest absolute Gasteiger partial charge is 0.323 e. The Kier molecular flexibility index (Phi) is 5.47. The van der Waals surface area contributed by atoms with Crippen LogP contribution in [-0.4, -0.2) is 22.5 Å². The molecule has 0 atom stereocenters. The van der Waals surface area contributed by atoms with Gasteiger partial charge in [0.15, 0.2) is 0 Å². The molecule has 64 valence electrons. The minimum absolute atomic E-state index is 0.458. The number of rotatable bonds is 3. The number of hydroxylamine groups is 1. The average Bonchev–Trinajstić information content (AvgIpc) is 1.99. The average molecular weight is 288 g/mol. The number of nitrogens with zero attached hydrogens (tertiary/aromatic N) is 1. The highest BCUT2D eigenvalue weighted by Crippen LogP contribution is 2.04. The second-order valence-corrected chi connectivity index (χ2v) is 3.92. The highest BCUT2D eigenvalue weighted by molar-refractivity contribution is 14.1. The van der Waals surface area contributed by atoms with Gasteiger partial charge in [-0.25, -0.2) is 10.3 Å². The molecule has 0 aliphatic rings. The number of hydrogen-bond acceptors (Lipinski definition) is 4. The van der Waals surface area contributed by atoms with Crippen LogP contribution in [0.15, 0.2) is 11.6 Å². The Morgan fingerprint density at radius 2 is 2.36 bits per heavy atom. The molecule has 0 aromatic carbocycles. The van der Waals surface area contributed by atoms with E-state index in [-0.39, 0.29) is 0 Å². The zero-order chi connectivity index (χ0) is 8.85. The number of thioether (sulfide) groups is 1. The molecule has 1 amide bonds. The molecule has 0 spiro atoms. The Hall–Kier alpha value is -0.110. The Morgan fingerprint density at radius 3 is 2.73 bits per heavy atom. The van der Waals surface area contributed by atoms with Gasteiger partial charge in [-0.15, -0.1) is 11.8 Å². The fraction of sp³-hybridized carbons (Fsp3) is 0.400. The van der Waals surface area contributed by atoms with Gasteiger partial charge in [0.2, 0.25) is 0 Å². The number of hydrogen-bond donors (Lipinski definition) is 1. The molecule has 1 N–H and O–H groups in total. The Balaban J connectivity index is 3.54. The predicted molar refractivity (Wildman–Crippen MR) is 54.1 cm³/mol. The minimum Gasteiger partial charge on any atom is -0.323 e. The van der Waals surface area contributed by atoms with Gasteiger partial charge < -0.3 is 4.84 Å². The molecule has 0 aromatic rings. The van der Waals surface area contributed by atoms with E-state index in [9.17, 15) is 4.79 Å². The van der Waals surface area contributed by atoms with Crippen LogP contribution >= 0.6 is 34.6 Å². The van der Waals surface area contributed by atoms with Crippen molar-refractivity contribution in [3.8, 4) is 0 Å². The van der Waals surface area contributed by atoms with Crippen molar-refractivity contribution >= 4 is 40.7 Å². The molecule has 0 bridgehead atoms. The van der Waals surface area contributed by atoms with Crippen LogP contribution in [-0.2, 0) is 4.84 Å². The minimum atomic E-state index is -0.458. The highest BCUT2D eigenvalue weighted by atomic mass is 127. The van der Waals surface area contributed by atoms with E-state index in [1.54, 1.807) is 7.05 Å². The lowest BCUT2D eigenvalue weighted by Crippen LogP contribution is -2.24. The number of amides is 1. The first-order valence-corrected chi connectivity index (χ1v) is 4.86. The third kappa shape index (κ3) is 5.19. The number of carbonyl (C=O) groups excluding carboxylic acids is 1. The third-order valence-electron chi connectivity index (χ3n) is 0.750. The van der Waals surface area contributed by atoms with Crippen molar-refractivity contribution in [2.75, 3.05) is 13.3 Å². The first-order chi connectivity index (χ1) is 5.07. The van der Waals surface area contributed by atoms with E-state index in [0.717, 1.165) is 0 Å². The monoisotopic (exact) mass is 288 g/mol. The summed E-state index contributed by atoms with van der Waals surface area (Å²) in [6.45, 7) is 3.56. The first-order valence-electron chi connectivity index (χ1n) is 2.67. The van der Waals surface area contributed by atoms with E-state index in [2.05, 4.69) is 16.9 Å². The normalized spacial score (nSPS) is 8.64. The maximum atomic E-state index is 10.7. The third-order valence-corrected chi connectivity index (χ3v) is 1.72.